The van der Waals surface area contributed by atoms with Crippen LogP contribution in [0.25, 0.3) is 0 Å². The van der Waals surface area contributed by atoms with Crippen molar-refractivity contribution in [2.45, 2.75) is 32.2 Å². The molecule has 0 fully saturated rings. The van der Waals surface area contributed by atoms with Crippen LogP contribution in [0.5, 0.6) is 0 Å². The molecule has 0 unspecified atom stereocenters. The van der Waals surface area contributed by atoms with Crippen molar-refractivity contribution in [2.24, 2.45) is 0 Å². The van der Waals surface area contributed by atoms with Crippen molar-refractivity contribution in [3.63, 3.8) is 0 Å². The molecule has 1 rings (SSSR count). The second kappa shape index (κ2) is 8.05. The van der Waals surface area contributed by atoms with E-state index in [2.05, 4.69) is 24.0 Å². The van der Waals surface area contributed by atoms with E-state index in [9.17, 15) is 0 Å². The smallest absolute Gasteiger partial charge is 0.0756 e. The molecule has 0 amide bonds. The molecule has 0 aliphatic rings. The van der Waals surface area contributed by atoms with E-state index in [0.29, 0.717) is 0 Å². The Hall–Kier alpha value is -1.15. The third-order valence-electron chi connectivity index (χ3n) is 2.39. The maximum absolute atomic E-state index is 5.27. The lowest BCUT2D eigenvalue weighted by atomic mass is 10.2. The highest BCUT2D eigenvalue weighted by molar-refractivity contribution is 7.80. The van der Waals surface area contributed by atoms with Gasteiger partial charge in [0.25, 0.3) is 0 Å². The van der Waals surface area contributed by atoms with Gasteiger partial charge in [-0.05, 0) is 31.2 Å². The Kier molecular flexibility index (Phi) is 6.50. The van der Waals surface area contributed by atoms with Gasteiger partial charge in [-0.15, -0.1) is 6.58 Å². The molecule has 2 heteroatoms. The molecule has 1 N–H and O–H groups in total. The Labute approximate surface area is 104 Å². The Morgan fingerprint density at radius 1 is 1.25 bits per heavy atom. The summed E-state index contributed by atoms with van der Waals surface area (Å²) in [6.07, 6.45) is 6.35. The number of hydrogen-bond acceptors (Lipinski definition) is 1. The van der Waals surface area contributed by atoms with Gasteiger partial charge in [0.15, 0.2) is 0 Å². The number of thiocarbonyl (C=S) groups is 1. The fraction of sp³-hybridized carbons (Fsp3) is 0.357. The normalized spacial score (nSPS) is 9.75. The first-order valence-corrected chi connectivity index (χ1v) is 6.15. The van der Waals surface area contributed by atoms with Gasteiger partial charge in [-0.2, -0.15) is 0 Å². The van der Waals surface area contributed by atoms with Crippen molar-refractivity contribution in [2.75, 3.05) is 0 Å². The Bertz CT molecular complexity index is 319. The molecule has 1 aromatic rings. The Morgan fingerprint density at radius 2 is 2.00 bits per heavy atom. The van der Waals surface area contributed by atoms with Crippen LogP contribution < -0.4 is 5.32 Å². The maximum atomic E-state index is 5.27. The lowest BCUT2D eigenvalue weighted by Crippen LogP contribution is -2.20. The molecule has 0 heterocycles. The highest BCUT2D eigenvalue weighted by atomic mass is 32.1. The summed E-state index contributed by atoms with van der Waals surface area (Å²) < 4.78 is 0. The molecule has 0 saturated heterocycles. The van der Waals surface area contributed by atoms with Crippen molar-refractivity contribution >= 4 is 17.2 Å². The van der Waals surface area contributed by atoms with Crippen LogP contribution in [0.2, 0.25) is 0 Å². The molecular formula is C14H19NS. The zero-order chi connectivity index (χ0) is 11.6. The number of nitrogens with one attached hydrogen (secondary N) is 1. The highest BCUT2D eigenvalue weighted by Crippen LogP contribution is 2.02. The van der Waals surface area contributed by atoms with Crippen LogP contribution in [0.4, 0.5) is 0 Å². The van der Waals surface area contributed by atoms with Gasteiger partial charge >= 0.3 is 0 Å². The van der Waals surface area contributed by atoms with E-state index in [1.807, 2.05) is 24.3 Å². The minimum absolute atomic E-state index is 0.834. The van der Waals surface area contributed by atoms with Crippen molar-refractivity contribution in [3.05, 3.63) is 48.6 Å². The molecule has 0 spiro atoms. The van der Waals surface area contributed by atoms with Gasteiger partial charge in [0.2, 0.25) is 0 Å². The Balaban J connectivity index is 2.13. The zero-order valence-corrected chi connectivity index (χ0v) is 10.4. The maximum Gasteiger partial charge on any atom is 0.0756 e. The van der Waals surface area contributed by atoms with E-state index in [1.165, 1.54) is 12.0 Å². The number of allylic oxidation sites excluding steroid dienone is 1. The molecule has 86 valence electrons. The quantitative estimate of drug-likeness (QED) is 0.436. The minimum atomic E-state index is 0.834. The molecule has 0 atom stereocenters. The van der Waals surface area contributed by atoms with Crippen LogP contribution in [0.1, 0.15) is 31.2 Å². The Morgan fingerprint density at radius 3 is 2.69 bits per heavy atom. The van der Waals surface area contributed by atoms with Crippen molar-refractivity contribution in [1.29, 1.82) is 0 Å². The first-order chi connectivity index (χ1) is 7.83. The van der Waals surface area contributed by atoms with E-state index >= 15 is 0 Å². The van der Waals surface area contributed by atoms with Crippen molar-refractivity contribution < 1.29 is 0 Å². The second-order valence-corrected chi connectivity index (χ2v) is 4.29. The van der Waals surface area contributed by atoms with Crippen LogP contribution in [-0.2, 0) is 6.54 Å². The number of hydrogen-bond donors (Lipinski definition) is 1. The molecule has 0 radical (unpaired) electrons. The van der Waals surface area contributed by atoms with Crippen LogP contribution >= 0.6 is 12.2 Å². The van der Waals surface area contributed by atoms with Gasteiger partial charge in [-0.1, -0.05) is 48.6 Å². The largest absolute Gasteiger partial charge is 0.376 e. The molecule has 1 nitrogen and oxygen atoms in total. The summed E-state index contributed by atoms with van der Waals surface area (Å²) in [5.41, 5.74) is 1.27. The predicted molar refractivity (Wildman–Crippen MR) is 74.5 cm³/mol. The fourth-order valence-corrected chi connectivity index (χ4v) is 1.68. The first kappa shape index (κ1) is 12.9. The summed E-state index contributed by atoms with van der Waals surface area (Å²) in [6.45, 7) is 4.54. The van der Waals surface area contributed by atoms with E-state index in [4.69, 9.17) is 12.2 Å². The van der Waals surface area contributed by atoms with Crippen LogP contribution in [0.15, 0.2) is 43.0 Å². The summed E-state index contributed by atoms with van der Waals surface area (Å²) in [4.78, 5) is 0.966. The number of benzene rings is 1. The number of unbranched alkanes of at least 4 members (excludes halogenated alkanes) is 2. The molecule has 0 bridgehead atoms. The van der Waals surface area contributed by atoms with E-state index < -0.39 is 0 Å². The summed E-state index contributed by atoms with van der Waals surface area (Å²) in [5, 5.41) is 3.28. The average molecular weight is 233 g/mol. The van der Waals surface area contributed by atoms with E-state index in [0.717, 1.165) is 30.8 Å². The zero-order valence-electron chi connectivity index (χ0n) is 9.61. The summed E-state index contributed by atoms with van der Waals surface area (Å²) in [7, 11) is 0. The molecular weight excluding hydrogens is 214 g/mol. The lowest BCUT2D eigenvalue weighted by Gasteiger charge is -2.07. The van der Waals surface area contributed by atoms with Gasteiger partial charge < -0.3 is 5.32 Å². The van der Waals surface area contributed by atoms with Crippen molar-refractivity contribution in [1.82, 2.24) is 5.32 Å². The van der Waals surface area contributed by atoms with Crippen LogP contribution in [0.3, 0.4) is 0 Å². The van der Waals surface area contributed by atoms with Gasteiger partial charge in [-0.25, -0.2) is 0 Å². The van der Waals surface area contributed by atoms with Gasteiger partial charge in [-0.3, -0.25) is 0 Å². The van der Waals surface area contributed by atoms with Gasteiger partial charge in [0.1, 0.15) is 0 Å². The SMILES string of the molecule is C=CCCCCC(=S)NCc1ccccc1. The van der Waals surface area contributed by atoms with E-state index in [-0.39, 0.29) is 0 Å². The summed E-state index contributed by atoms with van der Waals surface area (Å²) in [6, 6.07) is 10.3. The predicted octanol–water partition coefficient (Wildman–Crippen LogP) is 3.85. The van der Waals surface area contributed by atoms with Crippen molar-refractivity contribution in [3.8, 4) is 0 Å². The first-order valence-electron chi connectivity index (χ1n) is 5.74. The molecule has 0 aliphatic carbocycles. The summed E-state index contributed by atoms with van der Waals surface area (Å²) in [5.74, 6) is 0. The molecule has 0 aliphatic heterocycles. The minimum Gasteiger partial charge on any atom is -0.376 e. The van der Waals surface area contributed by atoms with E-state index in [1.54, 1.807) is 0 Å². The molecule has 0 aromatic heterocycles. The third kappa shape index (κ3) is 5.66. The summed E-state index contributed by atoms with van der Waals surface area (Å²) >= 11 is 5.27. The van der Waals surface area contributed by atoms with Gasteiger partial charge in [0.05, 0.1) is 4.99 Å². The average Bonchev–Trinajstić information content (AvgIpc) is 2.33. The lowest BCUT2D eigenvalue weighted by molar-refractivity contribution is 0.763. The van der Waals surface area contributed by atoms with Crippen LogP contribution in [-0.4, -0.2) is 4.99 Å². The standard InChI is InChI=1S/C14H19NS/c1-2-3-4-8-11-14(16)15-12-13-9-6-5-7-10-13/h2,5-7,9-10H,1,3-4,8,11-12H2,(H,15,16). The topological polar surface area (TPSA) is 12.0 Å². The van der Waals surface area contributed by atoms with Crippen LogP contribution in [0, 0.1) is 0 Å². The monoisotopic (exact) mass is 233 g/mol. The number of rotatable bonds is 7. The fourth-order valence-electron chi connectivity index (χ4n) is 1.46. The second-order valence-electron chi connectivity index (χ2n) is 3.80. The molecule has 16 heavy (non-hydrogen) atoms. The molecule has 1 aromatic carbocycles. The molecule has 0 saturated carbocycles. The highest BCUT2D eigenvalue weighted by Gasteiger charge is 1.96. The third-order valence-corrected chi connectivity index (χ3v) is 2.74. The van der Waals surface area contributed by atoms with Gasteiger partial charge in [0, 0.05) is 6.54 Å².